The summed E-state index contributed by atoms with van der Waals surface area (Å²) in [4.78, 5) is 27.7. The Morgan fingerprint density at radius 2 is 2.00 bits per heavy atom. The van der Waals surface area contributed by atoms with Crippen molar-refractivity contribution >= 4 is 17.5 Å². The number of rotatable bonds is 5. The summed E-state index contributed by atoms with van der Waals surface area (Å²) < 4.78 is 11.0. The number of quaternary nitrogens is 1. The number of para-hydroxylation sites is 2. The number of morpholine rings is 1. The van der Waals surface area contributed by atoms with E-state index in [0.717, 1.165) is 24.4 Å². The van der Waals surface area contributed by atoms with E-state index in [1.165, 1.54) is 4.90 Å². The molecule has 2 saturated heterocycles. The van der Waals surface area contributed by atoms with E-state index in [-0.39, 0.29) is 24.3 Å². The van der Waals surface area contributed by atoms with Gasteiger partial charge < -0.3 is 14.4 Å². The van der Waals surface area contributed by atoms with Crippen LogP contribution in [0.3, 0.4) is 0 Å². The monoisotopic (exact) mass is 319 g/mol. The molecule has 0 aliphatic carbocycles. The predicted molar refractivity (Wildman–Crippen MR) is 84.6 cm³/mol. The lowest BCUT2D eigenvalue weighted by Crippen LogP contribution is -3.18. The minimum atomic E-state index is -0.300. The van der Waals surface area contributed by atoms with E-state index in [0.29, 0.717) is 31.3 Å². The van der Waals surface area contributed by atoms with Crippen molar-refractivity contribution in [1.82, 2.24) is 0 Å². The molecule has 2 amide bonds. The van der Waals surface area contributed by atoms with Gasteiger partial charge in [0.2, 0.25) is 5.91 Å². The largest absolute Gasteiger partial charge is 0.491 e. The van der Waals surface area contributed by atoms with E-state index in [1.807, 2.05) is 19.1 Å². The highest BCUT2D eigenvalue weighted by Crippen LogP contribution is 2.31. The highest BCUT2D eigenvalue weighted by Gasteiger charge is 2.46. The van der Waals surface area contributed by atoms with Crippen LogP contribution in [0, 0.1) is 0 Å². The molecule has 0 saturated carbocycles. The topological polar surface area (TPSA) is 60.3 Å². The Bertz CT molecular complexity index is 584. The first-order valence-corrected chi connectivity index (χ1v) is 8.23. The number of hydrogen-bond acceptors (Lipinski definition) is 4. The average molecular weight is 319 g/mol. The maximum Gasteiger partial charge on any atom is 0.292 e. The summed E-state index contributed by atoms with van der Waals surface area (Å²) in [5.41, 5.74) is 0.561. The summed E-state index contributed by atoms with van der Waals surface area (Å²) in [6.45, 7) is 5.40. The molecule has 6 nitrogen and oxygen atoms in total. The molecule has 0 radical (unpaired) electrons. The number of nitrogens with one attached hydrogen (secondary N) is 1. The Hall–Kier alpha value is -1.92. The molecule has 23 heavy (non-hydrogen) atoms. The van der Waals surface area contributed by atoms with Crippen LogP contribution < -0.4 is 14.5 Å². The summed E-state index contributed by atoms with van der Waals surface area (Å²) in [7, 11) is 0. The number of imide groups is 1. The van der Waals surface area contributed by atoms with Crippen molar-refractivity contribution in [3.05, 3.63) is 24.3 Å². The lowest BCUT2D eigenvalue weighted by molar-refractivity contribution is -0.922. The Kier molecular flexibility index (Phi) is 4.93. The zero-order valence-corrected chi connectivity index (χ0v) is 13.4. The molecule has 2 heterocycles. The molecule has 1 atom stereocenters. The summed E-state index contributed by atoms with van der Waals surface area (Å²) in [6, 6.07) is 6.96. The second kappa shape index (κ2) is 7.10. The number of benzene rings is 1. The van der Waals surface area contributed by atoms with Gasteiger partial charge in [0.25, 0.3) is 5.91 Å². The first-order valence-electron chi connectivity index (χ1n) is 8.23. The van der Waals surface area contributed by atoms with Crippen LogP contribution in [-0.4, -0.2) is 50.8 Å². The molecule has 2 aliphatic rings. The second-order valence-corrected chi connectivity index (χ2v) is 5.91. The summed E-state index contributed by atoms with van der Waals surface area (Å²) >= 11 is 0. The van der Waals surface area contributed by atoms with Crippen molar-refractivity contribution in [2.75, 3.05) is 37.8 Å². The third-order valence-corrected chi connectivity index (χ3v) is 4.34. The molecule has 0 spiro atoms. The number of amides is 2. The molecule has 124 valence electrons. The van der Waals surface area contributed by atoms with Gasteiger partial charge in [0.05, 0.1) is 31.9 Å². The summed E-state index contributed by atoms with van der Waals surface area (Å²) in [6.07, 6.45) is 1.13. The van der Waals surface area contributed by atoms with Gasteiger partial charge in [-0.05, 0) is 18.6 Å². The second-order valence-electron chi connectivity index (χ2n) is 5.91. The van der Waals surface area contributed by atoms with E-state index in [9.17, 15) is 9.59 Å². The molecular formula is C17H23N2O4+. The van der Waals surface area contributed by atoms with Gasteiger partial charge >= 0.3 is 0 Å². The zero-order chi connectivity index (χ0) is 16.2. The highest BCUT2D eigenvalue weighted by molar-refractivity contribution is 6.22. The van der Waals surface area contributed by atoms with Gasteiger partial charge in [0.15, 0.2) is 6.04 Å². The number of ether oxygens (including phenoxy) is 2. The molecule has 2 fully saturated rings. The van der Waals surface area contributed by atoms with Crippen molar-refractivity contribution in [2.24, 2.45) is 0 Å². The van der Waals surface area contributed by atoms with Crippen LogP contribution in [0.5, 0.6) is 5.75 Å². The Labute approximate surface area is 136 Å². The standard InChI is InChI=1S/C17H22N2O4/c1-2-9-23-15-6-4-3-5-13(15)19-16(20)12-14(17(19)21)18-7-10-22-11-8-18/h3-6,14H,2,7-12H2,1H3/p+1/t14-/m0/s1. The molecule has 0 bridgehead atoms. The Morgan fingerprint density at radius 1 is 1.26 bits per heavy atom. The minimum Gasteiger partial charge on any atom is -0.491 e. The molecule has 2 aliphatic heterocycles. The van der Waals surface area contributed by atoms with Crippen LogP contribution in [0.25, 0.3) is 0 Å². The van der Waals surface area contributed by atoms with Gasteiger partial charge in [-0.1, -0.05) is 19.1 Å². The molecule has 0 unspecified atom stereocenters. The van der Waals surface area contributed by atoms with E-state index < -0.39 is 0 Å². The quantitative estimate of drug-likeness (QED) is 0.778. The van der Waals surface area contributed by atoms with Crippen molar-refractivity contribution in [3.63, 3.8) is 0 Å². The van der Waals surface area contributed by atoms with Crippen LogP contribution >= 0.6 is 0 Å². The van der Waals surface area contributed by atoms with Crippen LogP contribution in [0.2, 0.25) is 0 Å². The molecule has 6 heteroatoms. The molecule has 3 rings (SSSR count). The molecule has 0 aromatic heterocycles. The molecular weight excluding hydrogens is 296 g/mol. The number of carbonyl (C=O) groups excluding carboxylic acids is 2. The van der Waals surface area contributed by atoms with Crippen LogP contribution in [-0.2, 0) is 14.3 Å². The Morgan fingerprint density at radius 3 is 2.74 bits per heavy atom. The molecule has 1 aromatic carbocycles. The number of carbonyl (C=O) groups is 2. The van der Waals surface area contributed by atoms with Crippen LogP contribution in [0.4, 0.5) is 5.69 Å². The van der Waals surface area contributed by atoms with Crippen LogP contribution in [0.1, 0.15) is 19.8 Å². The smallest absolute Gasteiger partial charge is 0.292 e. The predicted octanol–water partition coefficient (Wildman–Crippen LogP) is 0.0224. The van der Waals surface area contributed by atoms with Crippen molar-refractivity contribution < 1.29 is 24.0 Å². The van der Waals surface area contributed by atoms with E-state index in [1.54, 1.807) is 12.1 Å². The minimum absolute atomic E-state index is 0.126. The first kappa shape index (κ1) is 16.0. The lowest BCUT2D eigenvalue weighted by Gasteiger charge is -2.27. The maximum absolute atomic E-state index is 12.8. The third kappa shape index (κ3) is 3.23. The Balaban J connectivity index is 1.82. The third-order valence-electron chi connectivity index (χ3n) is 4.34. The fourth-order valence-corrected chi connectivity index (χ4v) is 3.16. The van der Waals surface area contributed by atoms with Gasteiger partial charge in [-0.15, -0.1) is 0 Å². The zero-order valence-electron chi connectivity index (χ0n) is 13.4. The fourth-order valence-electron chi connectivity index (χ4n) is 3.16. The van der Waals surface area contributed by atoms with Crippen molar-refractivity contribution in [3.8, 4) is 5.75 Å². The molecule has 1 N–H and O–H groups in total. The van der Waals surface area contributed by atoms with Crippen LogP contribution in [0.15, 0.2) is 24.3 Å². The highest BCUT2D eigenvalue weighted by atomic mass is 16.5. The first-order chi connectivity index (χ1) is 11.2. The SMILES string of the molecule is CCCOc1ccccc1N1C(=O)C[C@H]([NH+]2CCOCC2)C1=O. The summed E-state index contributed by atoms with van der Waals surface area (Å²) in [5, 5.41) is 0. The number of anilines is 1. The van der Waals surface area contributed by atoms with E-state index in [2.05, 4.69) is 0 Å². The lowest BCUT2D eigenvalue weighted by atomic mass is 10.2. The van der Waals surface area contributed by atoms with E-state index >= 15 is 0 Å². The number of hydrogen-bond donors (Lipinski definition) is 1. The van der Waals surface area contributed by atoms with Crippen molar-refractivity contribution in [1.29, 1.82) is 0 Å². The maximum atomic E-state index is 12.8. The van der Waals surface area contributed by atoms with Gasteiger partial charge in [-0.25, -0.2) is 4.90 Å². The van der Waals surface area contributed by atoms with Crippen molar-refractivity contribution in [2.45, 2.75) is 25.8 Å². The van der Waals surface area contributed by atoms with Gasteiger partial charge in [0.1, 0.15) is 18.8 Å². The van der Waals surface area contributed by atoms with E-state index in [4.69, 9.17) is 9.47 Å². The van der Waals surface area contributed by atoms with Gasteiger partial charge in [-0.2, -0.15) is 0 Å². The van der Waals surface area contributed by atoms with Gasteiger partial charge in [0, 0.05) is 0 Å². The molecule has 1 aromatic rings. The normalized spacial score (nSPS) is 22.7. The average Bonchev–Trinajstić information content (AvgIpc) is 2.88. The fraction of sp³-hybridized carbons (Fsp3) is 0.529. The van der Waals surface area contributed by atoms with Gasteiger partial charge in [-0.3, -0.25) is 9.59 Å². The number of nitrogens with zero attached hydrogens (tertiary/aromatic N) is 1. The summed E-state index contributed by atoms with van der Waals surface area (Å²) in [5.74, 6) is 0.319.